The molecule has 0 radical (unpaired) electrons. The van der Waals surface area contributed by atoms with Crippen LogP contribution in [-0.4, -0.2) is 107 Å². The first-order valence-corrected chi connectivity index (χ1v) is 25.5. The Morgan fingerprint density at radius 1 is 0.736 bits per heavy atom. The molecule has 0 amide bonds. The fourth-order valence-corrected chi connectivity index (χ4v) is 8.56. The molecule has 0 saturated carbocycles. The minimum absolute atomic E-state index is 0. The van der Waals surface area contributed by atoms with E-state index in [1.54, 1.807) is 30.6 Å². The van der Waals surface area contributed by atoms with Gasteiger partial charge in [0.25, 0.3) is 13.8 Å². The number of unbranched alkanes of at least 4 members (excludes halogenated alkanes) is 1. The van der Waals surface area contributed by atoms with Gasteiger partial charge < -0.3 is 45.4 Å². The van der Waals surface area contributed by atoms with Gasteiger partial charge in [-0.2, -0.15) is 0 Å². The smallest absolute Gasteiger partial charge is 0.756 e. The Morgan fingerprint density at radius 3 is 1.76 bits per heavy atom. The summed E-state index contributed by atoms with van der Waals surface area (Å²) in [7, 11) is 0.937. The molecule has 2 aliphatic heterocycles. The number of fused-ring (bicyclic) bond motifs is 7. The number of likely N-dealkylation sites (N-methyl/N-ethyl adjacent to an activating group) is 1. The Labute approximate surface area is 457 Å². The molecule has 1 N–H and O–H groups in total. The summed E-state index contributed by atoms with van der Waals surface area (Å²) in [5.74, 6) is -2.15. The monoisotopic (exact) mass is 1160 g/mol. The maximum atomic E-state index is 13.6. The van der Waals surface area contributed by atoms with Gasteiger partial charge in [-0.15, -0.1) is 11.0 Å². The molecule has 0 aliphatic carbocycles. The van der Waals surface area contributed by atoms with Gasteiger partial charge in [0.1, 0.15) is 19.8 Å². The number of aliphatic carboxylic acids is 1. The average molecular weight is 1160 g/mol. The van der Waals surface area contributed by atoms with E-state index in [1.165, 1.54) is 11.1 Å². The number of esters is 2. The summed E-state index contributed by atoms with van der Waals surface area (Å²) in [5, 5.41) is 7.42. The number of carboxylic acid groups (broad SMARTS) is 1. The molecule has 4 heterocycles. The Hall–Kier alpha value is -4.39. The maximum absolute atomic E-state index is 13.6. The van der Waals surface area contributed by atoms with E-state index < -0.39 is 38.4 Å². The van der Waals surface area contributed by atoms with Crippen LogP contribution in [0.2, 0.25) is 0 Å². The summed E-state index contributed by atoms with van der Waals surface area (Å²) in [6.45, 7) is 14.9. The van der Waals surface area contributed by atoms with Crippen molar-refractivity contribution in [3.63, 3.8) is 0 Å². The molecule has 72 heavy (non-hydrogen) atoms. The molecule has 3 aromatic rings. The minimum Gasteiger partial charge on any atom is -0.756 e. The molecule has 2 aliphatic rings. The number of carboxylic acids is 1. The van der Waals surface area contributed by atoms with Crippen molar-refractivity contribution < 1.29 is 96.7 Å². The van der Waals surface area contributed by atoms with Crippen LogP contribution >= 0.6 is 7.82 Å². The summed E-state index contributed by atoms with van der Waals surface area (Å²) in [5.41, 5.74) is 13.3. The maximum Gasteiger partial charge on any atom is 2.00 e. The number of hydrogen-bond donors (Lipinski definition) is 1. The van der Waals surface area contributed by atoms with E-state index in [9.17, 15) is 23.8 Å². The van der Waals surface area contributed by atoms with Crippen molar-refractivity contribution in [2.45, 2.75) is 126 Å². The second kappa shape index (κ2) is 30.1. The number of Topliss-reactive ketones (excluding diaryl/α,β-unsaturated/α-hetero) is 1. The van der Waals surface area contributed by atoms with E-state index in [0.29, 0.717) is 46.9 Å². The molecule has 2 unspecified atom stereocenters. The third-order valence-corrected chi connectivity index (χ3v) is 12.5. The number of aryl methyl sites for hydroxylation is 2. The second-order valence-electron chi connectivity index (χ2n) is 18.0. The van der Waals surface area contributed by atoms with Crippen LogP contribution in [0.5, 0.6) is 0 Å². The first-order chi connectivity index (χ1) is 33.1. The third-order valence-electron chi connectivity index (χ3n) is 11.6. The number of ketones is 1. The number of benzene rings is 1. The van der Waals surface area contributed by atoms with Crippen LogP contribution in [0.15, 0.2) is 42.7 Å². The van der Waals surface area contributed by atoms with Crippen molar-refractivity contribution in [3.05, 3.63) is 89.6 Å². The van der Waals surface area contributed by atoms with Gasteiger partial charge in [0.2, 0.25) is 0 Å². The number of allylic oxidation sites excluding steroid dienone is 4. The minimum atomic E-state index is -4.73. The number of carbonyl (C=O) groups excluding carboxylic acids is 3. The fraction of sp³-hybridized carbons (Fsp3) is 0.491. The van der Waals surface area contributed by atoms with Crippen molar-refractivity contribution in [1.29, 1.82) is 0 Å². The van der Waals surface area contributed by atoms with Crippen LogP contribution in [0.1, 0.15) is 151 Å². The quantitative estimate of drug-likeness (QED) is 0.0246. The number of quaternary nitrogens is 1. The summed E-state index contributed by atoms with van der Waals surface area (Å²) >= 11 is 0. The van der Waals surface area contributed by atoms with Crippen LogP contribution in [0.4, 0.5) is 0 Å². The molecule has 2 aromatic heterocycles. The topological polar surface area (TPSA) is 231 Å². The van der Waals surface area contributed by atoms with Gasteiger partial charge in [0.05, 0.1) is 74.0 Å². The van der Waals surface area contributed by atoms with E-state index in [1.807, 2.05) is 35.0 Å². The predicted molar refractivity (Wildman–Crippen MR) is 275 cm³/mol. The van der Waals surface area contributed by atoms with E-state index in [2.05, 4.69) is 46.8 Å². The zero-order chi connectivity index (χ0) is 51.8. The number of aromatic nitrogens is 5. The Balaban J connectivity index is 0.00000285. The zero-order valence-electron chi connectivity index (χ0n) is 44.0. The Bertz CT molecular complexity index is 2710. The summed E-state index contributed by atoms with van der Waals surface area (Å²) in [4.78, 5) is 85.0. The first-order valence-electron chi connectivity index (χ1n) is 24.0. The Morgan fingerprint density at radius 2 is 1.26 bits per heavy atom. The first kappa shape index (κ1) is 63.7. The molecule has 1 aromatic carbocycles. The molecule has 0 spiro atoms. The molecule has 0 saturated heterocycles. The SMILES string of the molecule is CC(=O)O.CCCC(=O)OCC(COP(=O)([O-])OCC[N+](C)(C)C)OC(=O)CCCCC(=O)c1ccc2ncc3nc(cc4[n-]c(cc5nc(cnc2c1)C(C)=C5CC)c(CC)c4CC)C(CC)=C3C.[CH3-].[Gd+2]. The van der Waals surface area contributed by atoms with Crippen molar-refractivity contribution >= 4 is 75.9 Å². The van der Waals surface area contributed by atoms with Crippen LogP contribution in [0.3, 0.4) is 0 Å². The van der Waals surface area contributed by atoms with Crippen LogP contribution in [-0.2, 0) is 50.3 Å². The van der Waals surface area contributed by atoms with E-state index in [-0.39, 0.29) is 85.6 Å². The van der Waals surface area contributed by atoms with Crippen LogP contribution in [0, 0.1) is 47.4 Å². The largest absolute Gasteiger partial charge is 2.00 e. The standard InChI is InChI=1S/C50H67N6O9P.C2H4O2.CH3.Gd/c1-11-18-49(58)62-30-35(31-64-66(60,61)63-24-23-56(8,9)10)65-50(59)20-17-16-19-48(57)34-21-22-40-45(25-34)52-29-47-33(7)37(13-3)42(55-47)27-44-39(15-5)38(14-4)43(53-44)26-41-36(12-2)32(6)46(54-41)28-51-40;1-2(3)4;;/h21-22,25-29,35H,11-20,23-24,30-31H2,1-10H3,(H-,51,52,53,54,55,57,60,61);1H3,(H,3,4);1H3;/q;;-1;+2/p-1. The number of phosphoric ester groups is 1. The zero-order valence-corrected chi connectivity index (χ0v) is 47.2. The summed E-state index contributed by atoms with van der Waals surface area (Å²) in [6.07, 6.45) is 6.99. The molecule has 2 atom stereocenters. The van der Waals surface area contributed by atoms with E-state index in [4.69, 9.17) is 53.3 Å². The summed E-state index contributed by atoms with van der Waals surface area (Å²) < 4.78 is 33.5. The van der Waals surface area contributed by atoms with Gasteiger partial charge in [-0.25, -0.2) is 9.97 Å². The summed E-state index contributed by atoms with van der Waals surface area (Å²) in [6, 6.07) is 9.42. The van der Waals surface area contributed by atoms with Crippen molar-refractivity contribution in [1.82, 2.24) is 24.9 Å². The van der Waals surface area contributed by atoms with Gasteiger partial charge in [-0.1, -0.05) is 57.9 Å². The van der Waals surface area contributed by atoms with Gasteiger partial charge in [-0.05, 0) is 99.3 Å². The fourth-order valence-electron chi connectivity index (χ4n) is 7.83. The molecule has 6 bridgehead atoms. The number of phosphoric acid groups is 1. The number of hydrogen-bond acceptors (Lipinski definition) is 14. The molecule has 0 fully saturated rings. The van der Waals surface area contributed by atoms with Gasteiger partial charge >= 0.3 is 51.9 Å². The van der Waals surface area contributed by atoms with E-state index in [0.717, 1.165) is 88.7 Å². The molecular formula is C53H73GdN6O11P. The number of nitrogens with zero attached hydrogens (tertiary/aromatic N) is 6. The van der Waals surface area contributed by atoms with Gasteiger partial charge in [0.15, 0.2) is 11.9 Å². The molecular weight excluding hydrogens is 1080 g/mol. The van der Waals surface area contributed by atoms with Crippen LogP contribution in [0.25, 0.3) is 44.4 Å². The van der Waals surface area contributed by atoms with Crippen molar-refractivity contribution in [3.8, 4) is 0 Å². The Kier molecular flexibility index (Phi) is 26.6. The molecule has 19 heteroatoms. The second-order valence-corrected chi connectivity index (χ2v) is 19.4. The van der Waals surface area contributed by atoms with E-state index >= 15 is 0 Å². The van der Waals surface area contributed by atoms with Crippen LogP contribution < -0.4 is 9.88 Å². The third kappa shape index (κ3) is 19.1. The number of carbonyl (C=O) groups is 4. The number of ether oxygens (including phenoxy) is 2. The molecule has 394 valence electrons. The normalized spacial score (nSPS) is 13.4. The predicted octanol–water partition coefficient (Wildman–Crippen LogP) is 9.52. The average Bonchev–Trinajstić information content (AvgIpc) is 3.90. The molecule has 17 nitrogen and oxygen atoms in total. The molecule has 5 rings (SSSR count). The van der Waals surface area contributed by atoms with Crippen molar-refractivity contribution in [2.24, 2.45) is 0 Å². The van der Waals surface area contributed by atoms with Gasteiger partial charge in [0, 0.05) is 31.7 Å². The van der Waals surface area contributed by atoms with Crippen molar-refractivity contribution in [2.75, 3.05) is 47.5 Å². The van der Waals surface area contributed by atoms with Gasteiger partial charge in [-0.3, -0.25) is 33.7 Å². The number of rotatable bonds is 22.